The van der Waals surface area contributed by atoms with Gasteiger partial charge in [0.05, 0.1) is 11.4 Å². The average molecular weight is 442 g/mol. The number of hydrogen-bond acceptors (Lipinski definition) is 3. The van der Waals surface area contributed by atoms with Crippen molar-refractivity contribution in [3.63, 3.8) is 0 Å². The Kier molecular flexibility index (Phi) is 7.12. The second-order valence-corrected chi connectivity index (χ2v) is 7.16. The van der Waals surface area contributed by atoms with Crippen LogP contribution in [0.3, 0.4) is 0 Å². The highest BCUT2D eigenvalue weighted by atomic mass is 35.5. The molecule has 3 rings (SSSR count). The molecule has 0 unspecified atom stereocenters. The molecule has 0 aliphatic heterocycles. The first-order chi connectivity index (χ1) is 14.4. The summed E-state index contributed by atoms with van der Waals surface area (Å²) in [7, 11) is 0. The highest BCUT2D eigenvalue weighted by Gasteiger charge is 2.12. The third kappa shape index (κ3) is 6.11. The van der Waals surface area contributed by atoms with E-state index in [1.54, 1.807) is 66.7 Å². The molecule has 7 heteroatoms. The normalized spacial score (nSPS) is 11.1. The van der Waals surface area contributed by atoms with Gasteiger partial charge < -0.3 is 15.2 Å². The maximum atomic E-state index is 12.2. The lowest BCUT2D eigenvalue weighted by molar-refractivity contribution is -0.134. The molecule has 152 valence electrons. The van der Waals surface area contributed by atoms with Crippen molar-refractivity contribution in [2.45, 2.75) is 6.42 Å². The Morgan fingerprint density at radius 3 is 2.23 bits per heavy atom. The molecular formula is C23H17Cl2NO4. The highest BCUT2D eigenvalue weighted by Crippen LogP contribution is 2.29. The van der Waals surface area contributed by atoms with E-state index in [1.807, 2.05) is 6.07 Å². The fourth-order valence-electron chi connectivity index (χ4n) is 2.59. The van der Waals surface area contributed by atoms with Crippen molar-refractivity contribution in [3.05, 3.63) is 99.7 Å². The van der Waals surface area contributed by atoms with Gasteiger partial charge in [0, 0.05) is 5.02 Å². The standard InChI is InChI=1S/C23H17Cl2NO4/c24-17-9-5-16(6-10-17)14-22(27)26-20(23(28)29)13-15-7-11-18(12-8-15)30-21-4-2-1-3-19(21)25/h1-13H,14H2,(H,26,27)(H,28,29). The Balaban J connectivity index is 1.68. The van der Waals surface area contributed by atoms with Crippen LogP contribution in [0.5, 0.6) is 11.5 Å². The Bertz CT molecular complexity index is 1080. The molecule has 0 spiro atoms. The first-order valence-corrected chi connectivity index (χ1v) is 9.68. The minimum Gasteiger partial charge on any atom is -0.477 e. The van der Waals surface area contributed by atoms with Crippen molar-refractivity contribution >= 4 is 41.2 Å². The lowest BCUT2D eigenvalue weighted by Gasteiger charge is -2.08. The van der Waals surface area contributed by atoms with E-state index in [9.17, 15) is 14.7 Å². The molecule has 0 fully saturated rings. The maximum absolute atomic E-state index is 12.2. The first kappa shape index (κ1) is 21.4. The van der Waals surface area contributed by atoms with Crippen LogP contribution in [0, 0.1) is 0 Å². The monoisotopic (exact) mass is 441 g/mol. The molecule has 0 atom stereocenters. The topological polar surface area (TPSA) is 75.6 Å². The van der Waals surface area contributed by atoms with Crippen LogP contribution >= 0.6 is 23.2 Å². The van der Waals surface area contributed by atoms with Crippen LogP contribution in [0.2, 0.25) is 10.0 Å². The molecule has 30 heavy (non-hydrogen) atoms. The molecule has 3 aromatic rings. The lowest BCUT2D eigenvalue weighted by Crippen LogP contribution is -2.28. The van der Waals surface area contributed by atoms with Gasteiger partial charge in [-0.15, -0.1) is 0 Å². The van der Waals surface area contributed by atoms with Gasteiger partial charge in [-0.25, -0.2) is 4.79 Å². The van der Waals surface area contributed by atoms with Gasteiger partial charge in [0.15, 0.2) is 0 Å². The second kappa shape index (κ2) is 9.96. The predicted octanol–water partition coefficient (Wildman–Crippen LogP) is 5.57. The third-order valence-electron chi connectivity index (χ3n) is 4.04. The lowest BCUT2D eigenvalue weighted by atomic mass is 10.1. The fraction of sp³-hybridized carbons (Fsp3) is 0.0435. The molecule has 0 aliphatic carbocycles. The predicted molar refractivity (Wildman–Crippen MR) is 117 cm³/mol. The number of carbonyl (C=O) groups is 2. The number of nitrogens with one attached hydrogen (secondary N) is 1. The van der Waals surface area contributed by atoms with Crippen LogP contribution in [0.15, 0.2) is 78.5 Å². The largest absolute Gasteiger partial charge is 0.477 e. The van der Waals surface area contributed by atoms with Gasteiger partial charge in [-0.1, -0.05) is 59.6 Å². The van der Waals surface area contributed by atoms with Crippen LogP contribution in [0.4, 0.5) is 0 Å². The zero-order chi connectivity index (χ0) is 21.5. The molecule has 3 aromatic carbocycles. The zero-order valence-corrected chi connectivity index (χ0v) is 17.2. The average Bonchev–Trinajstić information content (AvgIpc) is 2.72. The van der Waals surface area contributed by atoms with E-state index in [-0.39, 0.29) is 12.1 Å². The Morgan fingerprint density at radius 1 is 0.933 bits per heavy atom. The molecule has 0 aromatic heterocycles. The van der Waals surface area contributed by atoms with E-state index in [0.717, 1.165) is 5.56 Å². The van der Waals surface area contributed by atoms with E-state index < -0.39 is 11.9 Å². The number of amides is 1. The number of carboxylic acid groups (broad SMARTS) is 1. The SMILES string of the molecule is O=C(Cc1ccc(Cl)cc1)NC(=Cc1ccc(Oc2ccccc2Cl)cc1)C(=O)O. The molecule has 1 amide bonds. The minimum absolute atomic E-state index is 0.0341. The van der Waals surface area contributed by atoms with E-state index in [2.05, 4.69) is 5.32 Å². The van der Waals surface area contributed by atoms with Gasteiger partial charge in [0.2, 0.25) is 5.91 Å². The Hall–Kier alpha value is -3.28. The molecule has 0 aliphatic rings. The molecule has 0 heterocycles. The Labute approximate surface area is 183 Å². The zero-order valence-electron chi connectivity index (χ0n) is 15.6. The highest BCUT2D eigenvalue weighted by molar-refractivity contribution is 6.32. The summed E-state index contributed by atoms with van der Waals surface area (Å²) in [4.78, 5) is 23.8. The van der Waals surface area contributed by atoms with Crippen molar-refractivity contribution in [3.8, 4) is 11.5 Å². The number of ether oxygens (including phenoxy) is 1. The van der Waals surface area contributed by atoms with E-state index in [4.69, 9.17) is 27.9 Å². The van der Waals surface area contributed by atoms with Crippen molar-refractivity contribution in [1.29, 1.82) is 0 Å². The van der Waals surface area contributed by atoms with Gasteiger partial charge in [0.25, 0.3) is 0 Å². The quantitative estimate of drug-likeness (QED) is 0.469. The molecular weight excluding hydrogens is 425 g/mol. The number of para-hydroxylation sites is 1. The number of halogens is 2. The van der Waals surface area contributed by atoms with Crippen molar-refractivity contribution in [2.75, 3.05) is 0 Å². The summed E-state index contributed by atoms with van der Waals surface area (Å²) in [6, 6.07) is 20.6. The summed E-state index contributed by atoms with van der Waals surface area (Å²) in [6.45, 7) is 0. The summed E-state index contributed by atoms with van der Waals surface area (Å²) in [5, 5.41) is 12.9. The number of aliphatic carboxylic acids is 1. The number of carbonyl (C=O) groups excluding carboxylic acids is 1. The maximum Gasteiger partial charge on any atom is 0.352 e. The fourth-order valence-corrected chi connectivity index (χ4v) is 2.89. The summed E-state index contributed by atoms with van der Waals surface area (Å²) in [6.07, 6.45) is 1.41. The molecule has 5 nitrogen and oxygen atoms in total. The molecule has 2 N–H and O–H groups in total. The first-order valence-electron chi connectivity index (χ1n) is 8.92. The van der Waals surface area contributed by atoms with Crippen LogP contribution < -0.4 is 10.1 Å². The summed E-state index contributed by atoms with van der Waals surface area (Å²) >= 11 is 11.9. The van der Waals surface area contributed by atoms with E-state index in [0.29, 0.717) is 27.1 Å². The van der Waals surface area contributed by atoms with Gasteiger partial charge in [-0.2, -0.15) is 0 Å². The summed E-state index contributed by atoms with van der Waals surface area (Å²) < 4.78 is 5.71. The second-order valence-electron chi connectivity index (χ2n) is 6.32. The van der Waals surface area contributed by atoms with Crippen molar-refractivity contribution in [1.82, 2.24) is 5.32 Å². The molecule has 0 radical (unpaired) electrons. The van der Waals surface area contributed by atoms with E-state index >= 15 is 0 Å². The Morgan fingerprint density at radius 2 is 1.60 bits per heavy atom. The van der Waals surface area contributed by atoms with Gasteiger partial charge in [-0.3, -0.25) is 4.79 Å². The van der Waals surface area contributed by atoms with Crippen LogP contribution in [0.1, 0.15) is 11.1 Å². The van der Waals surface area contributed by atoms with Gasteiger partial charge in [0.1, 0.15) is 17.2 Å². The number of hydrogen-bond donors (Lipinski definition) is 2. The van der Waals surface area contributed by atoms with Crippen molar-refractivity contribution < 1.29 is 19.4 Å². The van der Waals surface area contributed by atoms with Crippen molar-refractivity contribution in [2.24, 2.45) is 0 Å². The molecule has 0 bridgehead atoms. The number of carboxylic acids is 1. The minimum atomic E-state index is -1.24. The summed E-state index contributed by atoms with van der Waals surface area (Å²) in [5.41, 5.74) is 1.09. The smallest absolute Gasteiger partial charge is 0.352 e. The van der Waals surface area contributed by atoms with Crippen LogP contribution in [0.25, 0.3) is 6.08 Å². The molecule has 0 saturated carbocycles. The van der Waals surface area contributed by atoms with E-state index in [1.165, 1.54) is 6.08 Å². The van der Waals surface area contributed by atoms with Crippen LogP contribution in [-0.4, -0.2) is 17.0 Å². The molecule has 0 saturated heterocycles. The number of benzene rings is 3. The third-order valence-corrected chi connectivity index (χ3v) is 4.60. The van der Waals surface area contributed by atoms with Gasteiger partial charge >= 0.3 is 5.97 Å². The number of rotatable bonds is 7. The van der Waals surface area contributed by atoms with Gasteiger partial charge in [-0.05, 0) is 53.6 Å². The van der Waals surface area contributed by atoms with Crippen LogP contribution in [-0.2, 0) is 16.0 Å². The summed E-state index contributed by atoms with van der Waals surface area (Å²) in [5.74, 6) is -0.618.